The number of benzene rings is 3. The summed E-state index contributed by atoms with van der Waals surface area (Å²) in [5.74, 6) is 0. The highest BCUT2D eigenvalue weighted by Gasteiger charge is 2.42. The standard InChI is InChI=1S/C34H47N3O7SSi/c1-34(2,3)46(5,6)43-25-30(36-37-35)32(41-23-28-18-12-8-13-19-28)33(42-24-29-20-14-9-15-21-29)31(44-45(4,38)39)26-40-22-27-16-10-7-11-17-27/h7-21,30-33H,22-26H2,1-6H3/t30-,31+,32+,33-/m1/s1. The Bertz CT molecular complexity index is 1470. The minimum atomic E-state index is -3.98. The molecule has 46 heavy (non-hydrogen) atoms. The van der Waals surface area contributed by atoms with E-state index in [4.69, 9.17) is 22.8 Å². The van der Waals surface area contributed by atoms with Crippen molar-refractivity contribution >= 4 is 18.4 Å². The van der Waals surface area contributed by atoms with Gasteiger partial charge in [-0.15, -0.1) is 0 Å². The third-order valence-electron chi connectivity index (χ3n) is 7.95. The molecule has 0 saturated heterocycles. The second-order valence-electron chi connectivity index (χ2n) is 12.7. The van der Waals surface area contributed by atoms with Gasteiger partial charge in [0.1, 0.15) is 12.2 Å². The predicted octanol–water partition coefficient (Wildman–Crippen LogP) is 7.42. The monoisotopic (exact) mass is 669 g/mol. The lowest BCUT2D eigenvalue weighted by Gasteiger charge is -2.39. The lowest BCUT2D eigenvalue weighted by Crippen LogP contribution is -2.52. The lowest BCUT2D eigenvalue weighted by atomic mass is 10.0. The highest BCUT2D eigenvalue weighted by Crippen LogP contribution is 2.37. The van der Waals surface area contributed by atoms with Crippen molar-refractivity contribution in [3.8, 4) is 0 Å². The minimum Gasteiger partial charge on any atom is -0.416 e. The van der Waals surface area contributed by atoms with E-state index in [1.54, 1.807) is 0 Å². The van der Waals surface area contributed by atoms with Crippen LogP contribution in [-0.4, -0.2) is 60.6 Å². The van der Waals surface area contributed by atoms with Gasteiger partial charge in [-0.2, -0.15) is 8.42 Å². The number of ether oxygens (including phenoxy) is 3. The molecule has 0 aliphatic carbocycles. The van der Waals surface area contributed by atoms with Crippen molar-refractivity contribution in [1.29, 1.82) is 0 Å². The van der Waals surface area contributed by atoms with Crippen molar-refractivity contribution < 1.29 is 31.2 Å². The Kier molecular flexibility index (Phi) is 14.4. The van der Waals surface area contributed by atoms with E-state index in [0.717, 1.165) is 22.9 Å². The van der Waals surface area contributed by atoms with Crippen LogP contribution in [0, 0.1) is 0 Å². The van der Waals surface area contributed by atoms with E-state index < -0.39 is 42.8 Å². The maximum atomic E-state index is 12.6. The molecule has 250 valence electrons. The molecule has 0 fully saturated rings. The summed E-state index contributed by atoms with van der Waals surface area (Å²) in [5, 5.41) is 4.03. The maximum Gasteiger partial charge on any atom is 0.264 e. The van der Waals surface area contributed by atoms with Crippen LogP contribution in [0.25, 0.3) is 10.4 Å². The molecule has 3 rings (SSSR count). The molecule has 0 aromatic heterocycles. The SMILES string of the molecule is CC(C)(C)[Si](C)(C)OC[C@@H](N=[N+]=[N-])[C@H](OCc1ccccc1)[C@H](OCc1ccccc1)[C@H](COCc1ccccc1)OS(C)(=O)=O. The molecule has 12 heteroatoms. The van der Waals surface area contributed by atoms with Crippen LogP contribution in [0.15, 0.2) is 96.1 Å². The molecule has 0 amide bonds. The van der Waals surface area contributed by atoms with Gasteiger partial charge in [-0.3, -0.25) is 4.18 Å². The highest BCUT2D eigenvalue weighted by molar-refractivity contribution is 7.86. The average Bonchev–Trinajstić information content (AvgIpc) is 3.01. The zero-order valence-electron chi connectivity index (χ0n) is 27.6. The zero-order chi connectivity index (χ0) is 33.6. The first-order valence-corrected chi connectivity index (χ1v) is 20.0. The van der Waals surface area contributed by atoms with Crippen LogP contribution in [-0.2, 0) is 52.8 Å². The van der Waals surface area contributed by atoms with Crippen molar-refractivity contribution in [1.82, 2.24) is 0 Å². The average molecular weight is 670 g/mol. The van der Waals surface area contributed by atoms with Crippen LogP contribution in [0.4, 0.5) is 0 Å². The van der Waals surface area contributed by atoms with Crippen molar-refractivity contribution in [2.45, 2.75) is 83.1 Å². The van der Waals surface area contributed by atoms with Gasteiger partial charge in [0.25, 0.3) is 10.1 Å². The molecule has 0 aliphatic heterocycles. The van der Waals surface area contributed by atoms with E-state index in [1.165, 1.54) is 0 Å². The normalized spacial score (nSPS) is 15.0. The van der Waals surface area contributed by atoms with Crippen LogP contribution in [0.1, 0.15) is 37.5 Å². The van der Waals surface area contributed by atoms with Gasteiger partial charge in [0, 0.05) is 11.5 Å². The Balaban J connectivity index is 2.04. The molecule has 0 saturated carbocycles. The van der Waals surface area contributed by atoms with Gasteiger partial charge in [0.05, 0.1) is 44.8 Å². The number of rotatable bonds is 19. The second-order valence-corrected chi connectivity index (χ2v) is 19.1. The molecule has 0 bridgehead atoms. The summed E-state index contributed by atoms with van der Waals surface area (Å²) in [7, 11) is -6.27. The third kappa shape index (κ3) is 12.6. The fourth-order valence-electron chi connectivity index (χ4n) is 4.41. The van der Waals surface area contributed by atoms with Crippen molar-refractivity contribution in [2.75, 3.05) is 19.5 Å². The molecule has 0 aliphatic rings. The molecule has 0 spiro atoms. The Morgan fingerprint density at radius 2 is 1.22 bits per heavy atom. The number of hydrogen-bond acceptors (Lipinski definition) is 8. The van der Waals surface area contributed by atoms with E-state index in [-0.39, 0.29) is 38.1 Å². The number of nitrogens with zero attached hydrogens (tertiary/aromatic N) is 3. The Morgan fingerprint density at radius 3 is 1.65 bits per heavy atom. The summed E-state index contributed by atoms with van der Waals surface area (Å²) in [6, 6.07) is 27.7. The molecular weight excluding hydrogens is 623 g/mol. The van der Waals surface area contributed by atoms with Gasteiger partial charge < -0.3 is 18.6 Å². The molecule has 0 N–H and O–H groups in total. The van der Waals surface area contributed by atoms with Crippen molar-refractivity contribution in [3.63, 3.8) is 0 Å². The number of azide groups is 1. The van der Waals surface area contributed by atoms with E-state index in [1.807, 2.05) is 91.0 Å². The van der Waals surface area contributed by atoms with Crippen LogP contribution >= 0.6 is 0 Å². The third-order valence-corrected chi connectivity index (χ3v) is 13.1. The van der Waals surface area contributed by atoms with E-state index in [0.29, 0.717) is 0 Å². The molecule has 3 aromatic rings. The van der Waals surface area contributed by atoms with Gasteiger partial charge in [-0.25, -0.2) is 0 Å². The molecule has 0 radical (unpaired) electrons. The molecular formula is C34H47N3O7SSi. The quantitative estimate of drug-likeness (QED) is 0.0427. The summed E-state index contributed by atoms with van der Waals surface area (Å²) in [6.07, 6.45) is -2.19. The first kappa shape index (κ1) is 37.4. The number of hydrogen-bond donors (Lipinski definition) is 0. The first-order chi connectivity index (χ1) is 21.8. The van der Waals surface area contributed by atoms with Gasteiger partial charge in [-0.1, -0.05) is 117 Å². The lowest BCUT2D eigenvalue weighted by molar-refractivity contribution is -0.148. The second kappa shape index (κ2) is 17.7. The summed E-state index contributed by atoms with van der Waals surface area (Å²) in [4.78, 5) is 3.15. The van der Waals surface area contributed by atoms with Crippen LogP contribution in [0.3, 0.4) is 0 Å². The maximum absolute atomic E-state index is 12.6. The predicted molar refractivity (Wildman–Crippen MR) is 182 cm³/mol. The fourth-order valence-corrected chi connectivity index (χ4v) is 6.05. The summed E-state index contributed by atoms with van der Waals surface area (Å²) < 4.78 is 56.5. The van der Waals surface area contributed by atoms with Crippen LogP contribution in [0.2, 0.25) is 18.1 Å². The topological polar surface area (TPSA) is 129 Å². The summed E-state index contributed by atoms with van der Waals surface area (Å²) in [5.41, 5.74) is 12.4. The molecule has 0 unspecified atom stereocenters. The van der Waals surface area contributed by atoms with Gasteiger partial charge in [0.2, 0.25) is 0 Å². The van der Waals surface area contributed by atoms with Gasteiger partial charge in [0.15, 0.2) is 8.32 Å². The van der Waals surface area contributed by atoms with Crippen LogP contribution in [0.5, 0.6) is 0 Å². The molecule has 4 atom stereocenters. The fraction of sp³-hybridized carbons (Fsp3) is 0.471. The van der Waals surface area contributed by atoms with Crippen molar-refractivity contribution in [3.05, 3.63) is 118 Å². The Morgan fingerprint density at radius 1 is 0.761 bits per heavy atom. The summed E-state index contributed by atoms with van der Waals surface area (Å²) in [6.45, 7) is 11.0. The zero-order valence-corrected chi connectivity index (χ0v) is 29.4. The molecule has 3 aromatic carbocycles. The highest BCUT2D eigenvalue weighted by atomic mass is 32.2. The minimum absolute atomic E-state index is 0.0433. The largest absolute Gasteiger partial charge is 0.416 e. The van der Waals surface area contributed by atoms with E-state index in [2.05, 4.69) is 43.9 Å². The smallest absolute Gasteiger partial charge is 0.264 e. The van der Waals surface area contributed by atoms with Crippen LogP contribution < -0.4 is 0 Å². The summed E-state index contributed by atoms with van der Waals surface area (Å²) >= 11 is 0. The van der Waals surface area contributed by atoms with Crippen molar-refractivity contribution in [2.24, 2.45) is 5.11 Å². The van der Waals surface area contributed by atoms with E-state index >= 15 is 0 Å². The molecule has 0 heterocycles. The van der Waals surface area contributed by atoms with Gasteiger partial charge in [-0.05, 0) is 40.4 Å². The first-order valence-electron chi connectivity index (χ1n) is 15.3. The Hall–Kier alpha value is -3.06. The van der Waals surface area contributed by atoms with Gasteiger partial charge >= 0.3 is 0 Å². The Labute approximate surface area is 274 Å². The molecule has 10 nitrogen and oxygen atoms in total. The van der Waals surface area contributed by atoms with E-state index in [9.17, 15) is 13.9 Å².